The zero-order valence-electron chi connectivity index (χ0n) is 10.0. The zero-order chi connectivity index (χ0) is 13.0. The molecule has 1 aromatic carbocycles. The minimum absolute atomic E-state index is 0.291. The van der Waals surface area contributed by atoms with Gasteiger partial charge in [-0.1, -0.05) is 0 Å². The van der Waals surface area contributed by atoms with Crippen molar-refractivity contribution in [3.8, 4) is 0 Å². The highest BCUT2D eigenvalue weighted by Crippen LogP contribution is 2.15. The molecular formula is C13H16F3NO. The van der Waals surface area contributed by atoms with Crippen LogP contribution in [0, 0.1) is 17.5 Å². The minimum atomic E-state index is -1.42. The van der Waals surface area contributed by atoms with Crippen LogP contribution in [0.2, 0.25) is 0 Å². The lowest BCUT2D eigenvalue weighted by molar-refractivity contribution is 0.104. The maximum absolute atomic E-state index is 12.9. The Morgan fingerprint density at radius 3 is 2.56 bits per heavy atom. The van der Waals surface area contributed by atoms with Crippen molar-refractivity contribution in [1.29, 1.82) is 0 Å². The minimum Gasteiger partial charge on any atom is -0.378 e. The van der Waals surface area contributed by atoms with Crippen molar-refractivity contribution in [3.63, 3.8) is 0 Å². The second-order valence-corrected chi connectivity index (χ2v) is 4.47. The summed E-state index contributed by atoms with van der Waals surface area (Å²) in [5, 5.41) is 3.07. The molecule has 5 heteroatoms. The molecule has 1 unspecified atom stereocenters. The van der Waals surface area contributed by atoms with E-state index in [0.29, 0.717) is 24.8 Å². The molecule has 100 valence electrons. The van der Waals surface area contributed by atoms with Crippen molar-refractivity contribution >= 4 is 0 Å². The van der Waals surface area contributed by atoms with E-state index in [2.05, 4.69) is 5.32 Å². The quantitative estimate of drug-likeness (QED) is 0.648. The Morgan fingerprint density at radius 1 is 1.22 bits per heavy atom. The number of benzene rings is 1. The first-order valence-corrected chi connectivity index (χ1v) is 6.12. The van der Waals surface area contributed by atoms with Crippen LogP contribution in [-0.2, 0) is 11.3 Å². The first kappa shape index (κ1) is 13.4. The number of ether oxygens (including phenoxy) is 1. The van der Waals surface area contributed by atoms with Crippen LogP contribution >= 0.6 is 0 Å². The largest absolute Gasteiger partial charge is 0.378 e. The fourth-order valence-corrected chi connectivity index (χ4v) is 2.08. The molecule has 1 atom stereocenters. The Balaban J connectivity index is 1.76. The zero-order valence-corrected chi connectivity index (χ0v) is 10.0. The van der Waals surface area contributed by atoms with Gasteiger partial charge in [0.15, 0.2) is 17.5 Å². The number of rotatable bonds is 5. The number of nitrogens with one attached hydrogen (secondary N) is 1. The van der Waals surface area contributed by atoms with Crippen LogP contribution in [-0.4, -0.2) is 19.3 Å². The molecular weight excluding hydrogens is 243 g/mol. The third-order valence-corrected chi connectivity index (χ3v) is 3.04. The predicted octanol–water partition coefficient (Wildman–Crippen LogP) is 2.76. The predicted molar refractivity (Wildman–Crippen MR) is 61.6 cm³/mol. The van der Waals surface area contributed by atoms with E-state index >= 15 is 0 Å². The fourth-order valence-electron chi connectivity index (χ4n) is 2.08. The highest BCUT2D eigenvalue weighted by Gasteiger charge is 2.14. The van der Waals surface area contributed by atoms with E-state index in [1.165, 1.54) is 0 Å². The maximum atomic E-state index is 12.9. The molecule has 0 spiro atoms. The van der Waals surface area contributed by atoms with Gasteiger partial charge < -0.3 is 10.1 Å². The third-order valence-electron chi connectivity index (χ3n) is 3.04. The molecule has 1 N–H and O–H groups in total. The average molecular weight is 259 g/mol. The molecule has 1 aliphatic heterocycles. The molecule has 0 saturated carbocycles. The summed E-state index contributed by atoms with van der Waals surface area (Å²) < 4.78 is 44.0. The maximum Gasteiger partial charge on any atom is 0.194 e. The van der Waals surface area contributed by atoms with Gasteiger partial charge in [-0.3, -0.25) is 0 Å². The Bertz CT molecular complexity index is 382. The Kier molecular flexibility index (Phi) is 4.60. The first-order chi connectivity index (χ1) is 8.66. The summed E-state index contributed by atoms with van der Waals surface area (Å²) in [5.41, 5.74) is 0.402. The van der Waals surface area contributed by atoms with Crippen molar-refractivity contribution in [2.75, 3.05) is 13.2 Å². The summed E-state index contributed by atoms with van der Waals surface area (Å²) in [5.74, 6) is -3.71. The molecule has 0 aliphatic carbocycles. The van der Waals surface area contributed by atoms with Crippen molar-refractivity contribution in [1.82, 2.24) is 5.32 Å². The molecule has 1 heterocycles. The molecule has 0 amide bonds. The van der Waals surface area contributed by atoms with Crippen LogP contribution in [0.15, 0.2) is 12.1 Å². The molecule has 1 aliphatic rings. The normalized spacial score (nSPS) is 19.4. The van der Waals surface area contributed by atoms with Crippen molar-refractivity contribution in [2.24, 2.45) is 0 Å². The SMILES string of the molecule is Fc1cc(CNCCC2CCCO2)cc(F)c1F. The number of hydrogen-bond acceptors (Lipinski definition) is 2. The number of halogens is 3. The monoisotopic (exact) mass is 259 g/mol. The van der Waals surface area contributed by atoms with Crippen LogP contribution in [0.3, 0.4) is 0 Å². The van der Waals surface area contributed by atoms with Crippen molar-refractivity contribution in [2.45, 2.75) is 31.9 Å². The lowest BCUT2D eigenvalue weighted by Crippen LogP contribution is -2.20. The summed E-state index contributed by atoms with van der Waals surface area (Å²) in [6.45, 7) is 1.85. The Hall–Kier alpha value is -1.07. The van der Waals surface area contributed by atoms with Crippen LogP contribution in [0.4, 0.5) is 13.2 Å². The summed E-state index contributed by atoms with van der Waals surface area (Å²) in [6.07, 6.45) is 3.34. The lowest BCUT2D eigenvalue weighted by atomic mass is 10.1. The fraction of sp³-hybridized carbons (Fsp3) is 0.538. The van der Waals surface area contributed by atoms with E-state index in [1.54, 1.807) is 0 Å². The van der Waals surface area contributed by atoms with Gasteiger partial charge in [0.05, 0.1) is 6.10 Å². The summed E-state index contributed by atoms with van der Waals surface area (Å²) in [4.78, 5) is 0. The molecule has 0 radical (unpaired) electrons. The lowest BCUT2D eigenvalue weighted by Gasteiger charge is -2.10. The van der Waals surface area contributed by atoms with E-state index in [0.717, 1.165) is 38.0 Å². The molecule has 1 fully saturated rings. The van der Waals surface area contributed by atoms with Gasteiger partial charge in [-0.05, 0) is 43.5 Å². The molecule has 0 bridgehead atoms. The first-order valence-electron chi connectivity index (χ1n) is 6.12. The topological polar surface area (TPSA) is 21.3 Å². The summed E-state index contributed by atoms with van der Waals surface area (Å²) in [6, 6.07) is 2.02. The van der Waals surface area contributed by atoms with Gasteiger partial charge in [-0.2, -0.15) is 0 Å². The van der Waals surface area contributed by atoms with Gasteiger partial charge in [0, 0.05) is 13.2 Å². The van der Waals surface area contributed by atoms with Crippen LogP contribution in [0.5, 0.6) is 0 Å². The van der Waals surface area contributed by atoms with E-state index in [-0.39, 0.29) is 0 Å². The second-order valence-electron chi connectivity index (χ2n) is 4.47. The second kappa shape index (κ2) is 6.20. The standard InChI is InChI=1S/C13H16F3NO/c14-11-6-9(7-12(15)13(11)16)8-17-4-3-10-2-1-5-18-10/h6-7,10,17H,1-5,8H2. The van der Waals surface area contributed by atoms with Gasteiger partial charge >= 0.3 is 0 Å². The van der Waals surface area contributed by atoms with Crippen LogP contribution in [0.1, 0.15) is 24.8 Å². The summed E-state index contributed by atoms with van der Waals surface area (Å²) >= 11 is 0. The van der Waals surface area contributed by atoms with Crippen molar-refractivity contribution in [3.05, 3.63) is 35.1 Å². The third kappa shape index (κ3) is 3.46. The van der Waals surface area contributed by atoms with Gasteiger partial charge in [-0.15, -0.1) is 0 Å². The average Bonchev–Trinajstić information content (AvgIpc) is 2.84. The molecule has 2 nitrogen and oxygen atoms in total. The van der Waals surface area contributed by atoms with E-state index < -0.39 is 17.5 Å². The summed E-state index contributed by atoms with van der Waals surface area (Å²) in [7, 11) is 0. The van der Waals surface area contributed by atoms with Crippen LogP contribution < -0.4 is 5.32 Å². The van der Waals surface area contributed by atoms with Gasteiger partial charge in [0.25, 0.3) is 0 Å². The highest BCUT2D eigenvalue weighted by molar-refractivity contribution is 5.19. The van der Waals surface area contributed by atoms with Crippen molar-refractivity contribution < 1.29 is 17.9 Å². The molecule has 1 aromatic rings. The Morgan fingerprint density at radius 2 is 1.94 bits per heavy atom. The number of hydrogen-bond donors (Lipinski definition) is 1. The van der Waals surface area contributed by atoms with E-state index in [9.17, 15) is 13.2 Å². The van der Waals surface area contributed by atoms with E-state index in [1.807, 2.05) is 0 Å². The van der Waals surface area contributed by atoms with Gasteiger partial charge in [-0.25, -0.2) is 13.2 Å². The highest BCUT2D eigenvalue weighted by atomic mass is 19.2. The molecule has 18 heavy (non-hydrogen) atoms. The van der Waals surface area contributed by atoms with Crippen LogP contribution in [0.25, 0.3) is 0 Å². The molecule has 2 rings (SSSR count). The van der Waals surface area contributed by atoms with Gasteiger partial charge in [0.2, 0.25) is 0 Å². The van der Waals surface area contributed by atoms with E-state index in [4.69, 9.17) is 4.74 Å². The molecule has 0 aromatic heterocycles. The Labute approximate surface area is 104 Å². The van der Waals surface area contributed by atoms with Gasteiger partial charge in [0.1, 0.15) is 0 Å². The molecule has 1 saturated heterocycles. The smallest absolute Gasteiger partial charge is 0.194 e.